The molecule has 1 atom stereocenters. The van der Waals surface area contributed by atoms with Crippen molar-refractivity contribution in [1.82, 2.24) is 9.88 Å². The van der Waals surface area contributed by atoms with Crippen molar-refractivity contribution in [3.8, 4) is 5.88 Å². The van der Waals surface area contributed by atoms with Crippen molar-refractivity contribution in [2.24, 2.45) is 0 Å². The predicted octanol–water partition coefficient (Wildman–Crippen LogP) is 4.39. The molecule has 0 saturated carbocycles. The molecule has 1 saturated heterocycles. The van der Waals surface area contributed by atoms with Crippen molar-refractivity contribution < 1.29 is 36.6 Å². The summed E-state index contributed by atoms with van der Waals surface area (Å²) in [4.78, 5) is 31.4. The van der Waals surface area contributed by atoms with Crippen molar-refractivity contribution in [1.29, 1.82) is 0 Å². The van der Waals surface area contributed by atoms with Crippen LogP contribution in [-0.2, 0) is 10.9 Å². The second kappa shape index (κ2) is 10.2. The Bertz CT molecular complexity index is 1200. The van der Waals surface area contributed by atoms with E-state index in [9.17, 15) is 27.2 Å². The second-order valence-electron chi connectivity index (χ2n) is 7.82. The topological polar surface area (TPSA) is 68.7 Å². The lowest BCUT2D eigenvalue weighted by Crippen LogP contribution is -2.48. The Morgan fingerprint density at radius 3 is 2.40 bits per heavy atom. The highest BCUT2D eigenvalue weighted by Crippen LogP contribution is 2.29. The number of ether oxygens (including phenoxy) is 2. The molecule has 1 fully saturated rings. The van der Waals surface area contributed by atoms with Gasteiger partial charge in [-0.05, 0) is 36.4 Å². The molecule has 35 heavy (non-hydrogen) atoms. The minimum atomic E-state index is -4.49. The van der Waals surface area contributed by atoms with Gasteiger partial charge in [-0.1, -0.05) is 18.2 Å². The summed E-state index contributed by atoms with van der Waals surface area (Å²) in [5, 5.41) is 0. The number of carbonyl (C=O) groups excluding carboxylic acids is 2. The minimum absolute atomic E-state index is 0.000269. The first-order valence-electron chi connectivity index (χ1n) is 10.7. The maximum atomic E-state index is 13.3. The molecule has 4 rings (SSSR count). The Hall–Kier alpha value is -3.79. The Labute approximate surface area is 198 Å². The van der Waals surface area contributed by atoms with E-state index in [2.05, 4.69) is 4.98 Å². The monoisotopic (exact) mass is 488 g/mol. The van der Waals surface area contributed by atoms with Gasteiger partial charge in [-0.2, -0.15) is 13.2 Å². The van der Waals surface area contributed by atoms with Crippen molar-refractivity contribution in [2.75, 3.05) is 26.3 Å². The van der Waals surface area contributed by atoms with Gasteiger partial charge < -0.3 is 14.4 Å². The van der Waals surface area contributed by atoms with E-state index in [0.717, 1.165) is 12.1 Å². The van der Waals surface area contributed by atoms with Crippen molar-refractivity contribution in [2.45, 2.75) is 12.3 Å². The van der Waals surface area contributed by atoms with Crippen LogP contribution in [0.25, 0.3) is 0 Å². The van der Waals surface area contributed by atoms with Gasteiger partial charge in [0.15, 0.2) is 5.78 Å². The van der Waals surface area contributed by atoms with Gasteiger partial charge in [0.2, 0.25) is 5.88 Å². The summed E-state index contributed by atoms with van der Waals surface area (Å²) in [7, 11) is 0. The number of hydrogen-bond donors (Lipinski definition) is 0. The number of alkyl halides is 3. The summed E-state index contributed by atoms with van der Waals surface area (Å²) in [6.45, 7) is 0.623. The fourth-order valence-electron chi connectivity index (χ4n) is 3.61. The summed E-state index contributed by atoms with van der Waals surface area (Å²) in [5.74, 6) is -1.26. The lowest BCUT2D eigenvalue weighted by Gasteiger charge is -2.33. The SMILES string of the molecule is O=C(c1ccc(F)cc1)c1ccccc1C(=O)N1CCOC(COc2ccc(C(F)(F)F)cn2)C1. The normalized spacial score (nSPS) is 16.1. The number of aromatic nitrogens is 1. The molecule has 1 aliphatic rings. The van der Waals surface area contributed by atoms with Crippen LogP contribution in [0.15, 0.2) is 66.9 Å². The number of morpholine rings is 1. The fourth-order valence-corrected chi connectivity index (χ4v) is 3.61. The molecular weight excluding hydrogens is 468 g/mol. The molecule has 0 aliphatic carbocycles. The van der Waals surface area contributed by atoms with E-state index in [4.69, 9.17) is 9.47 Å². The van der Waals surface area contributed by atoms with E-state index >= 15 is 0 Å². The molecule has 182 valence electrons. The highest BCUT2D eigenvalue weighted by atomic mass is 19.4. The van der Waals surface area contributed by atoms with Crippen molar-refractivity contribution in [3.63, 3.8) is 0 Å². The average molecular weight is 488 g/mol. The van der Waals surface area contributed by atoms with Gasteiger partial charge in [-0.3, -0.25) is 9.59 Å². The quantitative estimate of drug-likeness (QED) is 0.380. The largest absolute Gasteiger partial charge is 0.475 e. The molecule has 2 heterocycles. The predicted molar refractivity (Wildman–Crippen MR) is 117 cm³/mol. The van der Waals surface area contributed by atoms with Gasteiger partial charge in [-0.25, -0.2) is 9.37 Å². The molecule has 10 heteroatoms. The van der Waals surface area contributed by atoms with Crippen LogP contribution in [0.3, 0.4) is 0 Å². The Morgan fingerprint density at radius 2 is 1.74 bits per heavy atom. The van der Waals surface area contributed by atoms with E-state index in [1.165, 1.54) is 35.2 Å². The Morgan fingerprint density at radius 1 is 1.03 bits per heavy atom. The van der Waals surface area contributed by atoms with Crippen molar-refractivity contribution in [3.05, 3.63) is 94.9 Å². The second-order valence-corrected chi connectivity index (χ2v) is 7.82. The van der Waals surface area contributed by atoms with Crippen LogP contribution in [0.2, 0.25) is 0 Å². The zero-order valence-corrected chi connectivity index (χ0v) is 18.3. The lowest BCUT2D eigenvalue weighted by atomic mass is 9.97. The summed E-state index contributed by atoms with van der Waals surface area (Å²) in [5.41, 5.74) is -0.238. The third-order valence-electron chi connectivity index (χ3n) is 5.42. The number of rotatable bonds is 6. The van der Waals surface area contributed by atoms with Crippen LogP contribution in [0, 0.1) is 5.82 Å². The Kier molecular flexibility index (Phi) is 7.11. The van der Waals surface area contributed by atoms with Crippen LogP contribution in [0.5, 0.6) is 5.88 Å². The first-order chi connectivity index (χ1) is 16.7. The fraction of sp³-hybridized carbons (Fsp3) is 0.240. The van der Waals surface area contributed by atoms with Gasteiger partial charge in [0.1, 0.15) is 18.5 Å². The van der Waals surface area contributed by atoms with Crippen LogP contribution in [0.1, 0.15) is 31.8 Å². The third kappa shape index (κ3) is 5.83. The summed E-state index contributed by atoms with van der Waals surface area (Å²) < 4.78 is 62.3. The number of amides is 1. The summed E-state index contributed by atoms with van der Waals surface area (Å²) >= 11 is 0. The summed E-state index contributed by atoms with van der Waals surface area (Å²) in [6, 6.07) is 13.4. The number of halogens is 4. The van der Waals surface area contributed by atoms with E-state index in [-0.39, 0.29) is 54.8 Å². The molecule has 6 nitrogen and oxygen atoms in total. The van der Waals surface area contributed by atoms with E-state index in [1.807, 2.05) is 0 Å². The highest BCUT2D eigenvalue weighted by molar-refractivity contribution is 6.15. The molecule has 3 aromatic rings. The molecule has 0 N–H and O–H groups in total. The minimum Gasteiger partial charge on any atom is -0.475 e. The molecule has 1 aliphatic heterocycles. The van der Waals surface area contributed by atoms with Gasteiger partial charge in [-0.15, -0.1) is 0 Å². The molecule has 2 aromatic carbocycles. The number of benzene rings is 2. The molecule has 1 aromatic heterocycles. The van der Waals surface area contributed by atoms with Gasteiger partial charge in [0.05, 0.1) is 24.3 Å². The molecule has 1 amide bonds. The first-order valence-corrected chi connectivity index (χ1v) is 10.7. The molecular formula is C25H20F4N2O4. The average Bonchev–Trinajstić information content (AvgIpc) is 2.87. The molecule has 0 radical (unpaired) electrons. The number of nitrogens with zero attached hydrogens (tertiary/aromatic N) is 2. The van der Waals surface area contributed by atoms with Gasteiger partial charge >= 0.3 is 6.18 Å². The van der Waals surface area contributed by atoms with Gasteiger partial charge in [0.25, 0.3) is 5.91 Å². The third-order valence-corrected chi connectivity index (χ3v) is 5.42. The van der Waals surface area contributed by atoms with Crippen LogP contribution < -0.4 is 4.74 Å². The number of pyridine rings is 1. The zero-order chi connectivity index (χ0) is 25.0. The van der Waals surface area contributed by atoms with E-state index < -0.39 is 29.4 Å². The maximum absolute atomic E-state index is 13.3. The van der Waals surface area contributed by atoms with E-state index in [1.54, 1.807) is 18.2 Å². The van der Waals surface area contributed by atoms with Crippen LogP contribution in [0.4, 0.5) is 17.6 Å². The lowest BCUT2D eigenvalue weighted by molar-refractivity contribution is -0.137. The number of ketones is 1. The maximum Gasteiger partial charge on any atom is 0.417 e. The first kappa shape index (κ1) is 24.3. The highest BCUT2D eigenvalue weighted by Gasteiger charge is 2.31. The smallest absolute Gasteiger partial charge is 0.417 e. The standard InChI is InChI=1S/C25H20F4N2O4/c26-18-8-5-16(6-9-18)23(32)20-3-1-2-4-21(20)24(33)31-11-12-34-19(14-31)15-35-22-10-7-17(13-30-22)25(27,28)29/h1-10,13,19H,11-12,14-15H2. The van der Waals surface area contributed by atoms with Gasteiger partial charge in [0, 0.05) is 29.9 Å². The summed E-state index contributed by atoms with van der Waals surface area (Å²) in [6.07, 6.45) is -4.35. The van der Waals surface area contributed by atoms with Crippen LogP contribution >= 0.6 is 0 Å². The van der Waals surface area contributed by atoms with E-state index in [0.29, 0.717) is 6.20 Å². The van der Waals surface area contributed by atoms with Crippen molar-refractivity contribution >= 4 is 11.7 Å². The molecule has 1 unspecified atom stereocenters. The van der Waals surface area contributed by atoms with Crippen LogP contribution in [-0.4, -0.2) is 54.0 Å². The molecule has 0 bridgehead atoms. The number of carbonyl (C=O) groups is 2. The molecule has 0 spiro atoms. The zero-order valence-electron chi connectivity index (χ0n) is 18.3. The number of hydrogen-bond acceptors (Lipinski definition) is 5. The Balaban J connectivity index is 1.42.